The van der Waals surface area contributed by atoms with E-state index in [2.05, 4.69) is 10.6 Å². The summed E-state index contributed by atoms with van der Waals surface area (Å²) in [4.78, 5) is 35.9. The fraction of sp³-hybridized carbons (Fsp3) is 0.286. The van der Waals surface area contributed by atoms with Gasteiger partial charge in [-0.3, -0.25) is 14.4 Å². The van der Waals surface area contributed by atoms with Crippen LogP contribution in [0.5, 0.6) is 0 Å². The third kappa shape index (κ3) is 4.17. The van der Waals surface area contributed by atoms with Gasteiger partial charge in [-0.25, -0.2) is 0 Å². The summed E-state index contributed by atoms with van der Waals surface area (Å²) in [5.41, 5.74) is 4.15. The second kappa shape index (κ2) is 7.12. The molecule has 2 atom stereocenters. The van der Waals surface area contributed by atoms with Gasteiger partial charge in [0, 0.05) is 16.9 Å². The van der Waals surface area contributed by atoms with Crippen molar-refractivity contribution >= 4 is 29.0 Å². The number of Topliss-reactive ketones (excluding diaryl/α,β-unsaturated/α-hetero) is 1. The molecule has 1 saturated carbocycles. The van der Waals surface area contributed by atoms with Crippen LogP contribution in [0.15, 0.2) is 42.5 Å². The Morgan fingerprint density at radius 3 is 1.81 bits per heavy atom. The van der Waals surface area contributed by atoms with Gasteiger partial charge in [0.2, 0.25) is 11.8 Å². The Morgan fingerprint density at radius 1 is 0.808 bits per heavy atom. The average molecular weight is 350 g/mol. The van der Waals surface area contributed by atoms with Crippen LogP contribution in [-0.4, -0.2) is 17.6 Å². The molecule has 3 rings (SSSR count). The number of carbonyl (C=O) groups is 3. The maximum absolute atomic E-state index is 12.4. The van der Waals surface area contributed by atoms with Crippen molar-refractivity contribution in [3.63, 3.8) is 0 Å². The highest BCUT2D eigenvalue weighted by atomic mass is 16.2. The van der Waals surface area contributed by atoms with E-state index in [9.17, 15) is 14.4 Å². The number of aryl methyl sites for hydroxylation is 2. The second-order valence-corrected chi connectivity index (χ2v) is 6.94. The zero-order chi connectivity index (χ0) is 18.8. The molecule has 2 N–H and O–H groups in total. The molecule has 1 aliphatic carbocycles. The third-order valence-corrected chi connectivity index (χ3v) is 4.51. The molecule has 0 aromatic heterocycles. The summed E-state index contributed by atoms with van der Waals surface area (Å²) < 4.78 is 0. The third-order valence-electron chi connectivity index (χ3n) is 4.51. The molecule has 5 nitrogen and oxygen atoms in total. The number of amides is 2. The highest BCUT2D eigenvalue weighted by Gasteiger charge is 2.48. The molecule has 5 heteroatoms. The fourth-order valence-electron chi connectivity index (χ4n) is 3.08. The molecular weight excluding hydrogens is 328 g/mol. The van der Waals surface area contributed by atoms with E-state index in [4.69, 9.17) is 0 Å². The normalized spacial score (nSPS) is 18.1. The van der Waals surface area contributed by atoms with Gasteiger partial charge < -0.3 is 10.6 Å². The Morgan fingerprint density at radius 2 is 1.31 bits per heavy atom. The van der Waals surface area contributed by atoms with Crippen LogP contribution in [0, 0.1) is 25.7 Å². The lowest BCUT2D eigenvalue weighted by Crippen LogP contribution is -2.20. The van der Waals surface area contributed by atoms with E-state index in [1.807, 2.05) is 32.0 Å². The SMILES string of the molecule is CC(=O)c1ccc(NC(=O)C2CC2C(=O)Nc2cc(C)cc(C)c2)cc1. The number of rotatable bonds is 5. The summed E-state index contributed by atoms with van der Waals surface area (Å²) in [6, 6.07) is 12.6. The van der Waals surface area contributed by atoms with Gasteiger partial charge in [-0.1, -0.05) is 6.07 Å². The quantitative estimate of drug-likeness (QED) is 0.807. The lowest BCUT2D eigenvalue weighted by molar-refractivity contribution is -0.122. The monoisotopic (exact) mass is 350 g/mol. The lowest BCUT2D eigenvalue weighted by Gasteiger charge is -2.08. The van der Waals surface area contributed by atoms with E-state index in [1.165, 1.54) is 6.92 Å². The van der Waals surface area contributed by atoms with Gasteiger partial charge in [-0.15, -0.1) is 0 Å². The predicted molar refractivity (Wildman–Crippen MR) is 101 cm³/mol. The summed E-state index contributed by atoms with van der Waals surface area (Å²) in [6.07, 6.45) is 0.550. The number of nitrogens with one attached hydrogen (secondary N) is 2. The van der Waals surface area contributed by atoms with E-state index in [1.54, 1.807) is 24.3 Å². The molecule has 0 bridgehead atoms. The van der Waals surface area contributed by atoms with Gasteiger partial charge in [-0.05, 0) is 74.7 Å². The van der Waals surface area contributed by atoms with E-state index in [0.29, 0.717) is 17.7 Å². The van der Waals surface area contributed by atoms with Crippen LogP contribution in [0.1, 0.15) is 34.8 Å². The van der Waals surface area contributed by atoms with Crippen LogP contribution in [0.2, 0.25) is 0 Å². The molecule has 0 saturated heterocycles. The van der Waals surface area contributed by atoms with E-state index in [-0.39, 0.29) is 29.4 Å². The van der Waals surface area contributed by atoms with Crippen molar-refractivity contribution in [2.75, 3.05) is 10.6 Å². The Bertz CT molecular complexity index is 851. The maximum atomic E-state index is 12.4. The molecule has 0 heterocycles. The number of ketones is 1. The van der Waals surface area contributed by atoms with Crippen LogP contribution in [0.4, 0.5) is 11.4 Å². The average Bonchev–Trinajstić information content (AvgIpc) is 3.35. The van der Waals surface area contributed by atoms with E-state index < -0.39 is 0 Å². The number of hydrogen-bond donors (Lipinski definition) is 2. The minimum absolute atomic E-state index is 0.0202. The summed E-state index contributed by atoms with van der Waals surface area (Å²) in [5, 5.41) is 5.70. The molecule has 26 heavy (non-hydrogen) atoms. The Hall–Kier alpha value is -2.95. The Balaban J connectivity index is 1.56. The first-order valence-electron chi connectivity index (χ1n) is 8.64. The van der Waals surface area contributed by atoms with E-state index in [0.717, 1.165) is 16.8 Å². The van der Waals surface area contributed by atoms with Crippen LogP contribution in [0.25, 0.3) is 0 Å². The van der Waals surface area contributed by atoms with Crippen LogP contribution >= 0.6 is 0 Å². The lowest BCUT2D eigenvalue weighted by atomic mass is 10.1. The van der Waals surface area contributed by atoms with Gasteiger partial charge >= 0.3 is 0 Å². The molecule has 0 spiro atoms. The van der Waals surface area contributed by atoms with Crippen molar-refractivity contribution in [1.29, 1.82) is 0 Å². The summed E-state index contributed by atoms with van der Waals surface area (Å²) in [5.74, 6) is -0.919. The van der Waals surface area contributed by atoms with Crippen molar-refractivity contribution in [1.82, 2.24) is 0 Å². The molecule has 1 aliphatic rings. The smallest absolute Gasteiger partial charge is 0.228 e. The van der Waals surface area contributed by atoms with Crippen molar-refractivity contribution in [3.8, 4) is 0 Å². The van der Waals surface area contributed by atoms with Crippen LogP contribution in [-0.2, 0) is 9.59 Å². The first kappa shape index (κ1) is 17.9. The minimum atomic E-state index is -0.312. The molecular formula is C21H22N2O3. The molecule has 134 valence electrons. The standard InChI is InChI=1S/C21H22N2O3/c1-12-8-13(2)10-17(9-12)23-21(26)19-11-18(19)20(25)22-16-6-4-15(5-7-16)14(3)24/h4-10,18-19H,11H2,1-3H3,(H,22,25)(H,23,26). The van der Waals surface area contributed by atoms with Gasteiger partial charge in [0.1, 0.15) is 0 Å². The number of benzene rings is 2. The Labute approximate surface area is 152 Å². The topological polar surface area (TPSA) is 75.3 Å². The highest BCUT2D eigenvalue weighted by molar-refractivity contribution is 6.03. The zero-order valence-corrected chi connectivity index (χ0v) is 15.1. The molecule has 2 unspecified atom stereocenters. The van der Waals surface area contributed by atoms with Crippen molar-refractivity contribution < 1.29 is 14.4 Å². The van der Waals surface area contributed by atoms with E-state index >= 15 is 0 Å². The molecule has 2 aromatic rings. The number of anilines is 2. The summed E-state index contributed by atoms with van der Waals surface area (Å²) in [7, 11) is 0. The largest absolute Gasteiger partial charge is 0.326 e. The Kier molecular flexibility index (Phi) is 4.89. The van der Waals surface area contributed by atoms with Crippen molar-refractivity contribution in [3.05, 3.63) is 59.2 Å². The van der Waals surface area contributed by atoms with Gasteiger partial charge in [-0.2, -0.15) is 0 Å². The first-order chi connectivity index (χ1) is 12.3. The van der Waals surface area contributed by atoms with Gasteiger partial charge in [0.05, 0.1) is 11.8 Å². The van der Waals surface area contributed by atoms with Gasteiger partial charge in [0.25, 0.3) is 0 Å². The second-order valence-electron chi connectivity index (χ2n) is 6.94. The molecule has 0 radical (unpaired) electrons. The minimum Gasteiger partial charge on any atom is -0.326 e. The molecule has 2 aromatic carbocycles. The molecule has 1 fully saturated rings. The number of carbonyl (C=O) groups excluding carboxylic acids is 3. The summed E-state index contributed by atoms with van der Waals surface area (Å²) in [6.45, 7) is 5.46. The van der Waals surface area contributed by atoms with Gasteiger partial charge in [0.15, 0.2) is 5.78 Å². The molecule has 0 aliphatic heterocycles. The van der Waals surface area contributed by atoms with Crippen LogP contribution in [0.3, 0.4) is 0 Å². The van der Waals surface area contributed by atoms with Crippen molar-refractivity contribution in [2.45, 2.75) is 27.2 Å². The van der Waals surface area contributed by atoms with Crippen molar-refractivity contribution in [2.24, 2.45) is 11.8 Å². The predicted octanol–water partition coefficient (Wildman–Crippen LogP) is 3.72. The summed E-state index contributed by atoms with van der Waals surface area (Å²) >= 11 is 0. The molecule has 2 amide bonds. The maximum Gasteiger partial charge on any atom is 0.228 e. The number of hydrogen-bond acceptors (Lipinski definition) is 3. The fourth-order valence-corrected chi connectivity index (χ4v) is 3.08. The highest BCUT2D eigenvalue weighted by Crippen LogP contribution is 2.40. The van der Waals surface area contributed by atoms with Crippen LogP contribution < -0.4 is 10.6 Å². The zero-order valence-electron chi connectivity index (χ0n) is 15.1. The first-order valence-corrected chi connectivity index (χ1v) is 8.64.